The molecule has 3 rings (SSSR count). The van der Waals surface area contributed by atoms with E-state index in [-0.39, 0.29) is 29.9 Å². The SMILES string of the molecule is CCOC(=O)C1(C(=O)OCC)C[C@@H]2CO[C@@H]3CCC[C@H]1[C@H]23. The first-order valence-electron chi connectivity index (χ1n) is 8.11. The summed E-state index contributed by atoms with van der Waals surface area (Å²) >= 11 is 0. The Morgan fingerprint density at radius 3 is 2.43 bits per heavy atom. The van der Waals surface area contributed by atoms with Crippen molar-refractivity contribution < 1.29 is 23.8 Å². The van der Waals surface area contributed by atoms with Gasteiger partial charge in [0.25, 0.3) is 0 Å². The highest BCUT2D eigenvalue weighted by Gasteiger charge is 2.67. The first-order chi connectivity index (χ1) is 10.1. The molecular weight excluding hydrogens is 272 g/mol. The minimum Gasteiger partial charge on any atom is -0.465 e. The van der Waals surface area contributed by atoms with Gasteiger partial charge in [0, 0.05) is 0 Å². The Labute approximate surface area is 125 Å². The lowest BCUT2D eigenvalue weighted by Gasteiger charge is -2.37. The summed E-state index contributed by atoms with van der Waals surface area (Å²) in [5, 5.41) is 0. The summed E-state index contributed by atoms with van der Waals surface area (Å²) in [6.07, 6.45) is 3.66. The van der Waals surface area contributed by atoms with E-state index in [9.17, 15) is 9.59 Å². The number of hydrogen-bond donors (Lipinski definition) is 0. The van der Waals surface area contributed by atoms with E-state index in [0.29, 0.717) is 32.2 Å². The summed E-state index contributed by atoms with van der Waals surface area (Å²) in [6.45, 7) is 4.80. The number of carbonyl (C=O) groups excluding carboxylic acids is 2. The predicted molar refractivity (Wildman–Crippen MR) is 74.4 cm³/mol. The van der Waals surface area contributed by atoms with Crippen molar-refractivity contribution in [3.05, 3.63) is 0 Å². The van der Waals surface area contributed by atoms with Crippen molar-refractivity contribution in [2.45, 2.75) is 45.6 Å². The van der Waals surface area contributed by atoms with Gasteiger partial charge in [-0.3, -0.25) is 9.59 Å². The summed E-state index contributed by atoms with van der Waals surface area (Å²) in [5.74, 6) is -0.157. The molecule has 5 heteroatoms. The smallest absolute Gasteiger partial charge is 0.323 e. The average molecular weight is 296 g/mol. The predicted octanol–water partition coefficient (Wildman–Crippen LogP) is 1.93. The van der Waals surface area contributed by atoms with Crippen LogP contribution >= 0.6 is 0 Å². The molecule has 1 heterocycles. The molecule has 0 radical (unpaired) electrons. The number of carbonyl (C=O) groups is 2. The zero-order valence-corrected chi connectivity index (χ0v) is 12.8. The molecule has 0 aromatic heterocycles. The Hall–Kier alpha value is -1.10. The fourth-order valence-electron chi connectivity index (χ4n) is 4.78. The lowest BCUT2D eigenvalue weighted by atomic mass is 9.68. The lowest BCUT2D eigenvalue weighted by Crippen LogP contribution is -2.48. The van der Waals surface area contributed by atoms with Crippen molar-refractivity contribution in [3.63, 3.8) is 0 Å². The highest BCUT2D eigenvalue weighted by molar-refractivity contribution is 6.01. The molecule has 5 nitrogen and oxygen atoms in total. The molecule has 0 aromatic carbocycles. The van der Waals surface area contributed by atoms with E-state index in [4.69, 9.17) is 14.2 Å². The normalized spacial score (nSPS) is 36.1. The van der Waals surface area contributed by atoms with Gasteiger partial charge in [0.1, 0.15) is 0 Å². The second-order valence-electron chi connectivity index (χ2n) is 6.36. The van der Waals surface area contributed by atoms with Crippen molar-refractivity contribution >= 4 is 11.9 Å². The fourth-order valence-corrected chi connectivity index (χ4v) is 4.78. The van der Waals surface area contributed by atoms with Crippen LogP contribution in [0.1, 0.15) is 39.5 Å². The molecule has 4 atom stereocenters. The average Bonchev–Trinajstić information content (AvgIpc) is 3.03. The van der Waals surface area contributed by atoms with Gasteiger partial charge in [-0.25, -0.2) is 0 Å². The monoisotopic (exact) mass is 296 g/mol. The summed E-state index contributed by atoms with van der Waals surface area (Å²) in [5.41, 5.74) is -1.09. The Morgan fingerprint density at radius 2 is 1.81 bits per heavy atom. The maximum atomic E-state index is 12.7. The molecule has 1 saturated heterocycles. The largest absolute Gasteiger partial charge is 0.465 e. The van der Waals surface area contributed by atoms with Gasteiger partial charge in [-0.05, 0) is 50.9 Å². The van der Waals surface area contributed by atoms with E-state index in [2.05, 4.69) is 0 Å². The maximum Gasteiger partial charge on any atom is 0.323 e. The second-order valence-corrected chi connectivity index (χ2v) is 6.36. The highest BCUT2D eigenvalue weighted by Crippen LogP contribution is 2.60. The molecule has 2 aliphatic carbocycles. The minimum atomic E-state index is -1.09. The summed E-state index contributed by atoms with van der Waals surface area (Å²) < 4.78 is 16.4. The van der Waals surface area contributed by atoms with Crippen LogP contribution in [0.25, 0.3) is 0 Å². The Morgan fingerprint density at radius 1 is 1.14 bits per heavy atom. The van der Waals surface area contributed by atoms with Gasteiger partial charge < -0.3 is 14.2 Å². The van der Waals surface area contributed by atoms with Crippen molar-refractivity contribution in [3.8, 4) is 0 Å². The van der Waals surface area contributed by atoms with E-state index < -0.39 is 5.41 Å². The van der Waals surface area contributed by atoms with Crippen LogP contribution in [0.15, 0.2) is 0 Å². The molecule has 3 fully saturated rings. The van der Waals surface area contributed by atoms with Gasteiger partial charge in [-0.1, -0.05) is 6.42 Å². The molecule has 1 aliphatic heterocycles. The first-order valence-corrected chi connectivity index (χ1v) is 8.11. The molecule has 0 bridgehead atoms. The summed E-state index contributed by atoms with van der Waals surface area (Å²) in [7, 11) is 0. The van der Waals surface area contributed by atoms with Crippen LogP contribution < -0.4 is 0 Å². The number of ether oxygens (including phenoxy) is 3. The number of hydrogen-bond acceptors (Lipinski definition) is 5. The third-order valence-electron chi connectivity index (χ3n) is 5.46. The van der Waals surface area contributed by atoms with E-state index in [1.54, 1.807) is 13.8 Å². The van der Waals surface area contributed by atoms with Crippen molar-refractivity contribution in [1.29, 1.82) is 0 Å². The zero-order valence-electron chi connectivity index (χ0n) is 12.8. The van der Waals surface area contributed by atoms with Gasteiger partial charge in [0.15, 0.2) is 5.41 Å². The Bertz CT molecular complexity index is 412. The molecule has 118 valence electrons. The molecule has 0 aromatic rings. The van der Waals surface area contributed by atoms with Crippen LogP contribution in [0.5, 0.6) is 0 Å². The van der Waals surface area contributed by atoms with Crippen LogP contribution in [0.4, 0.5) is 0 Å². The van der Waals surface area contributed by atoms with E-state index in [1.165, 1.54) is 0 Å². The molecule has 3 aliphatic rings. The zero-order chi connectivity index (χ0) is 15.0. The second kappa shape index (κ2) is 5.59. The molecular formula is C16H24O5. The minimum absolute atomic E-state index is 0.0156. The Kier molecular flexibility index (Phi) is 3.95. The van der Waals surface area contributed by atoms with Crippen LogP contribution in [-0.4, -0.2) is 37.9 Å². The third-order valence-corrected chi connectivity index (χ3v) is 5.46. The van der Waals surface area contributed by atoms with E-state index in [0.717, 1.165) is 19.3 Å². The fraction of sp³-hybridized carbons (Fsp3) is 0.875. The van der Waals surface area contributed by atoms with E-state index in [1.807, 2.05) is 0 Å². The molecule has 21 heavy (non-hydrogen) atoms. The van der Waals surface area contributed by atoms with Crippen LogP contribution in [0, 0.1) is 23.2 Å². The number of rotatable bonds is 4. The quantitative estimate of drug-likeness (QED) is 0.586. The number of esters is 2. The van der Waals surface area contributed by atoms with E-state index >= 15 is 0 Å². The highest BCUT2D eigenvalue weighted by atomic mass is 16.6. The van der Waals surface area contributed by atoms with Gasteiger partial charge in [0.2, 0.25) is 0 Å². The lowest BCUT2D eigenvalue weighted by molar-refractivity contribution is -0.178. The van der Waals surface area contributed by atoms with Gasteiger partial charge >= 0.3 is 11.9 Å². The molecule has 2 saturated carbocycles. The van der Waals surface area contributed by atoms with Crippen molar-refractivity contribution in [1.82, 2.24) is 0 Å². The van der Waals surface area contributed by atoms with Crippen molar-refractivity contribution in [2.24, 2.45) is 23.2 Å². The van der Waals surface area contributed by atoms with Gasteiger partial charge in [-0.2, -0.15) is 0 Å². The first kappa shape index (κ1) is 14.8. The van der Waals surface area contributed by atoms with Crippen LogP contribution in [0.3, 0.4) is 0 Å². The van der Waals surface area contributed by atoms with Crippen LogP contribution in [-0.2, 0) is 23.8 Å². The summed E-state index contributed by atoms with van der Waals surface area (Å²) in [6, 6.07) is 0. The maximum absolute atomic E-state index is 12.7. The van der Waals surface area contributed by atoms with Crippen molar-refractivity contribution in [2.75, 3.05) is 19.8 Å². The Balaban J connectivity index is 1.96. The molecule has 0 unspecified atom stereocenters. The standard InChI is InChI=1S/C16H24O5/c1-3-19-14(17)16(15(18)20-4-2)8-10-9-21-12-7-5-6-11(16)13(10)12/h10-13H,3-9H2,1-2H3/t10-,11+,12-,13+/m1/s1. The molecule has 0 amide bonds. The van der Waals surface area contributed by atoms with Gasteiger partial charge in [-0.15, -0.1) is 0 Å². The topological polar surface area (TPSA) is 61.8 Å². The molecule has 0 N–H and O–H groups in total. The third kappa shape index (κ3) is 2.08. The van der Waals surface area contributed by atoms with Crippen LogP contribution in [0.2, 0.25) is 0 Å². The van der Waals surface area contributed by atoms with Gasteiger partial charge in [0.05, 0.1) is 25.9 Å². The summed E-state index contributed by atoms with van der Waals surface area (Å²) in [4.78, 5) is 25.3. The molecule has 0 spiro atoms.